The molecule has 3 aromatic rings. The van der Waals surface area contributed by atoms with Crippen LogP contribution in [0.4, 0.5) is 0 Å². The van der Waals surface area contributed by atoms with Gasteiger partial charge in [0, 0.05) is 18.2 Å². The van der Waals surface area contributed by atoms with E-state index < -0.39 is 0 Å². The van der Waals surface area contributed by atoms with Crippen molar-refractivity contribution in [1.29, 1.82) is 0 Å². The molecule has 0 saturated carbocycles. The van der Waals surface area contributed by atoms with Crippen LogP contribution < -0.4 is 4.74 Å². The van der Waals surface area contributed by atoms with Crippen molar-refractivity contribution in [2.24, 2.45) is 0 Å². The van der Waals surface area contributed by atoms with Gasteiger partial charge in [-0.05, 0) is 44.0 Å². The minimum absolute atomic E-state index is 0.555. The molecule has 0 aliphatic heterocycles. The number of aromatic nitrogens is 5. The van der Waals surface area contributed by atoms with Crippen molar-refractivity contribution < 1.29 is 9.26 Å². The van der Waals surface area contributed by atoms with Gasteiger partial charge in [-0.15, -0.1) is 5.10 Å². The van der Waals surface area contributed by atoms with E-state index >= 15 is 0 Å². The van der Waals surface area contributed by atoms with Gasteiger partial charge in [-0.1, -0.05) is 16.9 Å². The second-order valence-corrected chi connectivity index (χ2v) is 6.54. The SMILES string of the molecule is Cc1nc(SCCOc2c(C)cc(-c3noc(C)n3)cc2C)n[nH]1. The number of nitrogens with one attached hydrogen (secondary N) is 1. The molecule has 0 fully saturated rings. The van der Waals surface area contributed by atoms with Gasteiger partial charge in [-0.3, -0.25) is 5.10 Å². The Bertz CT molecular complexity index is 820. The second-order valence-electron chi connectivity index (χ2n) is 5.48. The third-order valence-electron chi connectivity index (χ3n) is 3.38. The summed E-state index contributed by atoms with van der Waals surface area (Å²) in [5.74, 6) is 3.64. The number of rotatable bonds is 6. The molecule has 0 atom stereocenters. The molecule has 2 heterocycles. The number of benzene rings is 1. The van der Waals surface area contributed by atoms with Gasteiger partial charge in [0.1, 0.15) is 11.6 Å². The molecule has 0 amide bonds. The van der Waals surface area contributed by atoms with Crippen LogP contribution in [0.2, 0.25) is 0 Å². The molecule has 8 heteroatoms. The van der Waals surface area contributed by atoms with Gasteiger partial charge in [0.05, 0.1) is 6.61 Å². The van der Waals surface area contributed by atoms with Crippen molar-refractivity contribution in [2.45, 2.75) is 32.9 Å². The van der Waals surface area contributed by atoms with Crippen LogP contribution >= 0.6 is 11.8 Å². The maximum absolute atomic E-state index is 5.94. The summed E-state index contributed by atoms with van der Waals surface area (Å²) in [5, 5.41) is 11.6. The average Bonchev–Trinajstić information content (AvgIpc) is 3.14. The normalized spacial score (nSPS) is 11.0. The first-order valence-electron chi connectivity index (χ1n) is 7.59. The van der Waals surface area contributed by atoms with E-state index in [9.17, 15) is 0 Å². The largest absolute Gasteiger partial charge is 0.492 e. The quantitative estimate of drug-likeness (QED) is 0.541. The third-order valence-corrected chi connectivity index (χ3v) is 4.20. The molecule has 2 aromatic heterocycles. The highest BCUT2D eigenvalue weighted by atomic mass is 32.2. The fourth-order valence-electron chi connectivity index (χ4n) is 2.39. The number of hydrogen-bond donors (Lipinski definition) is 1. The summed E-state index contributed by atoms with van der Waals surface area (Å²) >= 11 is 1.56. The zero-order valence-electron chi connectivity index (χ0n) is 14.1. The fourth-order valence-corrected chi connectivity index (χ4v) is 3.05. The van der Waals surface area contributed by atoms with Gasteiger partial charge in [0.15, 0.2) is 0 Å². The van der Waals surface area contributed by atoms with Crippen molar-refractivity contribution >= 4 is 11.8 Å². The van der Waals surface area contributed by atoms with Crippen LogP contribution in [-0.2, 0) is 0 Å². The van der Waals surface area contributed by atoms with Crippen molar-refractivity contribution in [3.05, 3.63) is 35.0 Å². The van der Waals surface area contributed by atoms with Gasteiger partial charge < -0.3 is 9.26 Å². The van der Waals surface area contributed by atoms with Gasteiger partial charge in [-0.2, -0.15) is 4.98 Å². The van der Waals surface area contributed by atoms with Gasteiger partial charge in [0.25, 0.3) is 0 Å². The Kier molecular flexibility index (Phi) is 4.84. The molecule has 1 N–H and O–H groups in total. The smallest absolute Gasteiger partial charge is 0.223 e. The first-order valence-corrected chi connectivity index (χ1v) is 8.58. The van der Waals surface area contributed by atoms with Crippen LogP contribution in [0.25, 0.3) is 11.4 Å². The Morgan fingerprint density at radius 2 is 1.88 bits per heavy atom. The Morgan fingerprint density at radius 1 is 1.12 bits per heavy atom. The van der Waals surface area contributed by atoms with Gasteiger partial charge in [-0.25, -0.2) is 4.98 Å². The lowest BCUT2D eigenvalue weighted by molar-refractivity contribution is 0.339. The number of H-pyrrole nitrogens is 1. The lowest BCUT2D eigenvalue weighted by Gasteiger charge is -2.12. The summed E-state index contributed by atoms with van der Waals surface area (Å²) in [6.45, 7) is 8.28. The van der Waals surface area contributed by atoms with E-state index in [4.69, 9.17) is 9.26 Å². The highest BCUT2D eigenvalue weighted by molar-refractivity contribution is 7.99. The zero-order chi connectivity index (χ0) is 17.1. The Hall–Kier alpha value is -2.35. The number of hydrogen-bond acceptors (Lipinski definition) is 7. The molecule has 0 radical (unpaired) electrons. The van der Waals surface area contributed by atoms with Gasteiger partial charge >= 0.3 is 0 Å². The summed E-state index contributed by atoms with van der Waals surface area (Å²) in [6, 6.07) is 4.02. The minimum atomic E-state index is 0.555. The standard InChI is InChI=1S/C16H19N5O2S/c1-9-7-13(15-18-12(4)23-21-15)8-10(2)14(9)22-5-6-24-16-17-11(3)19-20-16/h7-8H,5-6H2,1-4H3,(H,17,19,20). The molecule has 0 aliphatic carbocycles. The Balaban J connectivity index is 1.63. The minimum Gasteiger partial charge on any atom is -0.492 e. The molecule has 3 rings (SSSR count). The maximum Gasteiger partial charge on any atom is 0.223 e. The van der Waals surface area contributed by atoms with E-state index in [1.54, 1.807) is 18.7 Å². The number of thioether (sulfide) groups is 1. The average molecular weight is 345 g/mol. The third kappa shape index (κ3) is 3.76. The Morgan fingerprint density at radius 3 is 2.46 bits per heavy atom. The molecule has 7 nitrogen and oxygen atoms in total. The number of nitrogens with zero attached hydrogens (tertiary/aromatic N) is 4. The van der Waals surface area contributed by atoms with E-state index in [2.05, 4.69) is 25.3 Å². The number of aryl methyl sites for hydroxylation is 4. The van der Waals surface area contributed by atoms with Crippen LogP contribution in [0.3, 0.4) is 0 Å². The number of ether oxygens (including phenoxy) is 1. The molecule has 126 valence electrons. The van der Waals surface area contributed by atoms with Crippen molar-refractivity contribution in [2.75, 3.05) is 12.4 Å². The summed E-state index contributed by atoms with van der Waals surface area (Å²) in [5.41, 5.74) is 3.03. The lowest BCUT2D eigenvalue weighted by Crippen LogP contribution is -2.03. The fraction of sp³-hybridized carbons (Fsp3) is 0.375. The van der Waals surface area contributed by atoms with E-state index in [0.29, 0.717) is 18.3 Å². The summed E-state index contributed by atoms with van der Waals surface area (Å²) in [6.07, 6.45) is 0. The van der Waals surface area contributed by atoms with E-state index in [1.807, 2.05) is 32.9 Å². The highest BCUT2D eigenvalue weighted by Gasteiger charge is 2.12. The zero-order valence-corrected chi connectivity index (χ0v) is 14.9. The number of aromatic amines is 1. The molecule has 0 spiro atoms. The maximum atomic E-state index is 5.94. The van der Waals surface area contributed by atoms with Crippen molar-refractivity contribution in [3.8, 4) is 17.1 Å². The van der Waals surface area contributed by atoms with Crippen LogP contribution in [0, 0.1) is 27.7 Å². The van der Waals surface area contributed by atoms with E-state index in [-0.39, 0.29) is 0 Å². The predicted octanol–water partition coefficient (Wildman–Crippen LogP) is 3.26. The molecule has 0 bridgehead atoms. The summed E-state index contributed by atoms with van der Waals surface area (Å²) in [7, 11) is 0. The highest BCUT2D eigenvalue weighted by Crippen LogP contribution is 2.29. The first-order chi connectivity index (χ1) is 11.5. The first kappa shape index (κ1) is 16.5. The van der Waals surface area contributed by atoms with E-state index in [1.165, 1.54) is 0 Å². The molecule has 1 aromatic carbocycles. The molecule has 0 saturated heterocycles. The molecular weight excluding hydrogens is 326 g/mol. The van der Waals surface area contributed by atoms with Crippen molar-refractivity contribution in [3.63, 3.8) is 0 Å². The Labute approximate surface area is 144 Å². The molecular formula is C16H19N5O2S. The van der Waals surface area contributed by atoms with Crippen LogP contribution in [0.1, 0.15) is 22.8 Å². The van der Waals surface area contributed by atoms with Gasteiger partial charge in [0.2, 0.25) is 16.9 Å². The predicted molar refractivity (Wildman–Crippen MR) is 91.3 cm³/mol. The van der Waals surface area contributed by atoms with Crippen LogP contribution in [-0.4, -0.2) is 37.7 Å². The summed E-state index contributed by atoms with van der Waals surface area (Å²) in [4.78, 5) is 8.52. The topological polar surface area (TPSA) is 89.7 Å². The molecule has 24 heavy (non-hydrogen) atoms. The monoisotopic (exact) mass is 345 g/mol. The van der Waals surface area contributed by atoms with Crippen LogP contribution in [0.5, 0.6) is 5.75 Å². The van der Waals surface area contributed by atoms with Crippen molar-refractivity contribution in [1.82, 2.24) is 25.3 Å². The molecule has 0 unspecified atom stereocenters. The summed E-state index contributed by atoms with van der Waals surface area (Å²) < 4.78 is 11.0. The lowest BCUT2D eigenvalue weighted by atomic mass is 10.1. The van der Waals surface area contributed by atoms with E-state index in [0.717, 1.165) is 39.2 Å². The molecule has 0 aliphatic rings. The second kappa shape index (κ2) is 7.04. The van der Waals surface area contributed by atoms with Crippen LogP contribution in [0.15, 0.2) is 21.8 Å².